The zero-order valence-corrected chi connectivity index (χ0v) is 8.62. The summed E-state index contributed by atoms with van der Waals surface area (Å²) in [6, 6.07) is -0.110. The smallest absolute Gasteiger partial charge is 0.364 e. The highest BCUT2D eigenvalue weighted by atomic mass is 16.5. The summed E-state index contributed by atoms with van der Waals surface area (Å²) >= 11 is 0. The average molecular weight is 200 g/mol. The standard InChI is InChI=1S/C10H17NO3/c1-3-4-9(10(12)13-2)11-5-7-14-8-6-11/h3,9H,1,4-8H2,2H3/p+1/t9-/m0/s1. The third-order valence-electron chi connectivity index (χ3n) is 2.52. The molecular formula is C10H18NO3+. The highest BCUT2D eigenvalue weighted by molar-refractivity contribution is 5.74. The van der Waals surface area contributed by atoms with E-state index in [0.29, 0.717) is 6.42 Å². The molecule has 1 aliphatic rings. The van der Waals surface area contributed by atoms with Crippen LogP contribution in [0, 0.1) is 0 Å². The molecule has 0 saturated carbocycles. The highest BCUT2D eigenvalue weighted by Crippen LogP contribution is 1.93. The summed E-state index contributed by atoms with van der Waals surface area (Å²) in [4.78, 5) is 12.7. The lowest BCUT2D eigenvalue weighted by molar-refractivity contribution is -0.924. The minimum absolute atomic E-state index is 0.110. The number of carbonyl (C=O) groups excluding carboxylic acids is 1. The molecular weight excluding hydrogens is 182 g/mol. The van der Waals surface area contributed by atoms with E-state index >= 15 is 0 Å². The van der Waals surface area contributed by atoms with Crippen LogP contribution in [-0.4, -0.2) is 45.4 Å². The number of methoxy groups -OCH3 is 1. The van der Waals surface area contributed by atoms with Crippen molar-refractivity contribution in [2.45, 2.75) is 12.5 Å². The van der Waals surface area contributed by atoms with E-state index in [1.54, 1.807) is 6.08 Å². The number of quaternary nitrogens is 1. The number of carbonyl (C=O) groups is 1. The van der Waals surface area contributed by atoms with Gasteiger partial charge in [0.1, 0.15) is 13.1 Å². The van der Waals surface area contributed by atoms with Gasteiger partial charge < -0.3 is 14.4 Å². The van der Waals surface area contributed by atoms with Crippen molar-refractivity contribution in [3.63, 3.8) is 0 Å². The van der Waals surface area contributed by atoms with E-state index in [1.165, 1.54) is 12.0 Å². The first-order valence-electron chi connectivity index (χ1n) is 4.90. The fourth-order valence-corrected chi connectivity index (χ4v) is 1.72. The number of morpholine rings is 1. The number of nitrogens with one attached hydrogen (secondary N) is 1. The number of rotatable bonds is 4. The normalized spacial score (nSPS) is 20.1. The van der Waals surface area contributed by atoms with Crippen LogP contribution in [0.15, 0.2) is 12.7 Å². The van der Waals surface area contributed by atoms with Crippen molar-refractivity contribution < 1.29 is 19.2 Å². The molecule has 0 aromatic heterocycles. The molecule has 4 heteroatoms. The van der Waals surface area contributed by atoms with Crippen molar-refractivity contribution in [2.24, 2.45) is 0 Å². The van der Waals surface area contributed by atoms with Gasteiger partial charge in [0.05, 0.1) is 20.3 Å². The summed E-state index contributed by atoms with van der Waals surface area (Å²) in [5.74, 6) is -0.151. The molecule has 1 saturated heterocycles. The molecule has 0 bridgehead atoms. The van der Waals surface area contributed by atoms with E-state index in [-0.39, 0.29) is 12.0 Å². The Balaban J connectivity index is 2.55. The van der Waals surface area contributed by atoms with Crippen molar-refractivity contribution >= 4 is 5.97 Å². The predicted octanol–water partition coefficient (Wildman–Crippen LogP) is -0.981. The minimum atomic E-state index is -0.151. The van der Waals surface area contributed by atoms with Gasteiger partial charge in [-0.15, -0.1) is 6.58 Å². The topological polar surface area (TPSA) is 40.0 Å². The quantitative estimate of drug-likeness (QED) is 0.468. The van der Waals surface area contributed by atoms with Crippen LogP contribution in [0.2, 0.25) is 0 Å². The number of hydrogen-bond acceptors (Lipinski definition) is 3. The maximum atomic E-state index is 11.5. The molecule has 0 aromatic rings. The van der Waals surface area contributed by atoms with Gasteiger partial charge >= 0.3 is 5.97 Å². The van der Waals surface area contributed by atoms with Crippen LogP contribution in [0.1, 0.15) is 6.42 Å². The lowest BCUT2D eigenvalue weighted by atomic mass is 10.1. The largest absolute Gasteiger partial charge is 0.465 e. The SMILES string of the molecule is C=CC[C@@H](C(=O)OC)[NH+]1CCOCC1. The predicted molar refractivity (Wildman–Crippen MR) is 52.1 cm³/mol. The van der Waals surface area contributed by atoms with Crippen molar-refractivity contribution in [3.05, 3.63) is 12.7 Å². The second kappa shape index (κ2) is 5.78. The summed E-state index contributed by atoms with van der Waals surface area (Å²) in [6.45, 7) is 6.84. The van der Waals surface area contributed by atoms with E-state index in [0.717, 1.165) is 26.3 Å². The van der Waals surface area contributed by atoms with Crippen LogP contribution in [0.5, 0.6) is 0 Å². The number of hydrogen-bond donors (Lipinski definition) is 1. The maximum absolute atomic E-state index is 11.5. The van der Waals surface area contributed by atoms with Gasteiger partial charge in [-0.1, -0.05) is 6.08 Å². The first kappa shape index (κ1) is 11.2. The summed E-state index contributed by atoms with van der Waals surface area (Å²) in [6.07, 6.45) is 2.44. The summed E-state index contributed by atoms with van der Waals surface area (Å²) in [5.41, 5.74) is 0. The Morgan fingerprint density at radius 1 is 1.64 bits per heavy atom. The van der Waals surface area contributed by atoms with Crippen LogP contribution in [-0.2, 0) is 14.3 Å². The molecule has 14 heavy (non-hydrogen) atoms. The molecule has 1 rings (SSSR count). The Bertz CT molecular complexity index is 200. The van der Waals surface area contributed by atoms with Gasteiger partial charge in [0.15, 0.2) is 6.04 Å². The zero-order valence-electron chi connectivity index (χ0n) is 8.62. The Labute approximate surface area is 84.5 Å². The van der Waals surface area contributed by atoms with Crippen molar-refractivity contribution in [2.75, 3.05) is 33.4 Å². The lowest BCUT2D eigenvalue weighted by Gasteiger charge is -2.29. The zero-order chi connectivity index (χ0) is 10.4. The van der Waals surface area contributed by atoms with E-state index < -0.39 is 0 Å². The highest BCUT2D eigenvalue weighted by Gasteiger charge is 2.30. The molecule has 0 spiro atoms. The molecule has 1 aliphatic heterocycles. The molecule has 0 aliphatic carbocycles. The maximum Gasteiger partial charge on any atom is 0.364 e. The summed E-state index contributed by atoms with van der Waals surface area (Å²) < 4.78 is 10.0. The molecule has 1 heterocycles. The first-order chi connectivity index (χ1) is 6.79. The number of ether oxygens (including phenoxy) is 2. The molecule has 0 unspecified atom stereocenters. The van der Waals surface area contributed by atoms with Gasteiger partial charge in [0.25, 0.3) is 0 Å². The fraction of sp³-hybridized carbons (Fsp3) is 0.700. The van der Waals surface area contributed by atoms with Gasteiger partial charge in [-0.05, 0) is 0 Å². The Morgan fingerprint density at radius 2 is 2.29 bits per heavy atom. The molecule has 0 aromatic carbocycles. The third kappa shape index (κ3) is 2.82. The van der Waals surface area contributed by atoms with Crippen LogP contribution < -0.4 is 4.90 Å². The minimum Gasteiger partial charge on any atom is -0.465 e. The first-order valence-corrected chi connectivity index (χ1v) is 4.90. The van der Waals surface area contributed by atoms with Gasteiger partial charge in [0, 0.05) is 6.42 Å². The van der Waals surface area contributed by atoms with E-state index in [2.05, 4.69) is 6.58 Å². The van der Waals surface area contributed by atoms with Crippen molar-refractivity contribution in [1.29, 1.82) is 0 Å². The molecule has 0 radical (unpaired) electrons. The summed E-state index contributed by atoms with van der Waals surface area (Å²) in [5, 5.41) is 0. The van der Waals surface area contributed by atoms with Crippen LogP contribution in [0.3, 0.4) is 0 Å². The second-order valence-electron chi connectivity index (χ2n) is 3.37. The van der Waals surface area contributed by atoms with E-state index in [1.807, 2.05) is 0 Å². The van der Waals surface area contributed by atoms with Gasteiger partial charge in [-0.25, -0.2) is 4.79 Å². The monoisotopic (exact) mass is 200 g/mol. The number of esters is 1. The fourth-order valence-electron chi connectivity index (χ4n) is 1.72. The van der Waals surface area contributed by atoms with Crippen molar-refractivity contribution in [1.82, 2.24) is 0 Å². The van der Waals surface area contributed by atoms with Crippen LogP contribution in [0.4, 0.5) is 0 Å². The Hall–Kier alpha value is -0.870. The van der Waals surface area contributed by atoms with Crippen molar-refractivity contribution in [3.8, 4) is 0 Å². The molecule has 1 N–H and O–H groups in total. The van der Waals surface area contributed by atoms with E-state index in [4.69, 9.17) is 9.47 Å². The Morgan fingerprint density at radius 3 is 2.79 bits per heavy atom. The Kier molecular flexibility index (Phi) is 4.62. The van der Waals surface area contributed by atoms with E-state index in [9.17, 15) is 4.79 Å². The molecule has 4 nitrogen and oxygen atoms in total. The third-order valence-corrected chi connectivity index (χ3v) is 2.52. The molecule has 1 fully saturated rings. The molecule has 1 atom stereocenters. The molecule has 80 valence electrons. The second-order valence-corrected chi connectivity index (χ2v) is 3.37. The van der Waals surface area contributed by atoms with Gasteiger partial charge in [-0.3, -0.25) is 0 Å². The van der Waals surface area contributed by atoms with Crippen LogP contribution in [0.25, 0.3) is 0 Å². The summed E-state index contributed by atoms with van der Waals surface area (Å²) in [7, 11) is 1.43. The van der Waals surface area contributed by atoms with Gasteiger partial charge in [-0.2, -0.15) is 0 Å². The van der Waals surface area contributed by atoms with Crippen LogP contribution >= 0.6 is 0 Å². The van der Waals surface area contributed by atoms with Gasteiger partial charge in [0.2, 0.25) is 0 Å². The lowest BCUT2D eigenvalue weighted by Crippen LogP contribution is -3.18. The molecule has 0 amide bonds. The average Bonchev–Trinajstić information content (AvgIpc) is 2.26.